The molecule has 378 valence electrons. The SMILES string of the molecule is CCCCCCCCC/C=C\CCCCCC(O)CC(=O)NC(COP(=O)(O)OC1C(O)C(O)C(O)C(O)C1O)C(O)/C=C/CCCCCCCCCCCCCCCCCCCC. The second kappa shape index (κ2) is 39.7. The molecule has 9 N–H and O–H groups in total. The molecule has 1 saturated carbocycles. The summed E-state index contributed by atoms with van der Waals surface area (Å²) in [6, 6.07) is -1.24. The van der Waals surface area contributed by atoms with Gasteiger partial charge in [0.1, 0.15) is 36.6 Å². The maximum absolute atomic E-state index is 13.0. The molecule has 0 heterocycles. The predicted molar refractivity (Wildman–Crippen MR) is 257 cm³/mol. The number of aliphatic hydroxyl groups is 7. The topological polar surface area (TPSA) is 226 Å². The van der Waals surface area contributed by atoms with Gasteiger partial charge in [0.05, 0.1) is 31.3 Å². The molecule has 14 heteroatoms. The van der Waals surface area contributed by atoms with Gasteiger partial charge in [0.15, 0.2) is 0 Å². The number of rotatable bonds is 43. The average molecular weight is 934 g/mol. The first-order valence-electron chi connectivity index (χ1n) is 25.9. The van der Waals surface area contributed by atoms with Crippen LogP contribution in [-0.4, -0.2) is 108 Å². The van der Waals surface area contributed by atoms with E-state index in [1.807, 2.05) is 0 Å². The molecule has 1 rings (SSSR count). The number of amides is 1. The number of unbranched alkanes of at least 4 members (excludes halogenated alkanes) is 28. The molecule has 0 aromatic heterocycles. The van der Waals surface area contributed by atoms with Crippen molar-refractivity contribution in [2.24, 2.45) is 0 Å². The van der Waals surface area contributed by atoms with Crippen LogP contribution in [0.5, 0.6) is 0 Å². The van der Waals surface area contributed by atoms with Crippen LogP contribution in [0, 0.1) is 0 Å². The zero-order chi connectivity index (χ0) is 47.3. The minimum absolute atomic E-state index is 0.254. The molecule has 0 aliphatic heterocycles. The third-order valence-electron chi connectivity index (χ3n) is 12.5. The summed E-state index contributed by atoms with van der Waals surface area (Å²) in [6.07, 6.45) is 31.2. The van der Waals surface area contributed by atoms with Crippen molar-refractivity contribution in [3.8, 4) is 0 Å². The van der Waals surface area contributed by atoms with E-state index in [-0.39, 0.29) is 6.42 Å². The van der Waals surface area contributed by atoms with Gasteiger partial charge in [-0.1, -0.05) is 199 Å². The zero-order valence-electron chi connectivity index (χ0n) is 40.2. The molecule has 1 aliphatic rings. The highest BCUT2D eigenvalue weighted by molar-refractivity contribution is 7.47. The first-order valence-corrected chi connectivity index (χ1v) is 27.4. The molecule has 1 amide bonds. The van der Waals surface area contributed by atoms with E-state index in [1.54, 1.807) is 6.08 Å². The van der Waals surface area contributed by atoms with Gasteiger partial charge in [0.2, 0.25) is 5.91 Å². The minimum atomic E-state index is -5.15. The Morgan fingerprint density at radius 3 is 1.33 bits per heavy atom. The number of carbonyl (C=O) groups is 1. The molecule has 8 unspecified atom stereocenters. The number of phosphoric acid groups is 1. The molecule has 64 heavy (non-hydrogen) atoms. The quantitative estimate of drug-likeness (QED) is 0.0158. The van der Waals surface area contributed by atoms with E-state index in [4.69, 9.17) is 9.05 Å². The second-order valence-corrected chi connectivity index (χ2v) is 20.0. The predicted octanol–water partition coefficient (Wildman–Crippen LogP) is 9.54. The van der Waals surface area contributed by atoms with Crippen LogP contribution in [0.1, 0.15) is 226 Å². The van der Waals surface area contributed by atoms with E-state index < -0.39 is 75.2 Å². The Balaban J connectivity index is 2.50. The number of hydrogen-bond donors (Lipinski definition) is 9. The third kappa shape index (κ3) is 30.9. The molecule has 0 saturated heterocycles. The maximum Gasteiger partial charge on any atom is 0.472 e. The third-order valence-corrected chi connectivity index (χ3v) is 13.5. The summed E-state index contributed by atoms with van der Waals surface area (Å²) in [6.45, 7) is 3.75. The fourth-order valence-electron chi connectivity index (χ4n) is 8.30. The monoisotopic (exact) mass is 934 g/mol. The lowest BCUT2D eigenvalue weighted by molar-refractivity contribution is -0.220. The summed E-state index contributed by atoms with van der Waals surface area (Å²) in [4.78, 5) is 23.5. The Hall–Kier alpha value is -1.22. The summed E-state index contributed by atoms with van der Waals surface area (Å²) >= 11 is 0. The second-order valence-electron chi connectivity index (χ2n) is 18.6. The summed E-state index contributed by atoms with van der Waals surface area (Å²) in [7, 11) is -5.15. The maximum atomic E-state index is 13.0. The van der Waals surface area contributed by atoms with E-state index in [9.17, 15) is 50.0 Å². The van der Waals surface area contributed by atoms with Crippen molar-refractivity contribution >= 4 is 13.7 Å². The molecule has 0 aromatic rings. The summed E-state index contributed by atoms with van der Waals surface area (Å²) in [5, 5.41) is 74.6. The molecule has 0 spiro atoms. The van der Waals surface area contributed by atoms with E-state index in [0.717, 1.165) is 51.4 Å². The lowest BCUT2D eigenvalue weighted by Gasteiger charge is -2.41. The van der Waals surface area contributed by atoms with E-state index in [0.29, 0.717) is 12.8 Å². The van der Waals surface area contributed by atoms with Gasteiger partial charge in [-0.15, -0.1) is 0 Å². The molecule has 1 aliphatic carbocycles. The van der Waals surface area contributed by atoms with Gasteiger partial charge in [0, 0.05) is 0 Å². The Labute approximate surface area is 388 Å². The van der Waals surface area contributed by atoms with Crippen LogP contribution in [0.25, 0.3) is 0 Å². The van der Waals surface area contributed by atoms with Crippen molar-refractivity contribution in [1.29, 1.82) is 0 Å². The van der Waals surface area contributed by atoms with Crippen molar-refractivity contribution in [3.05, 3.63) is 24.3 Å². The standard InChI is InChI=1S/C50H96NO12P/c1-3-5-7-9-11-13-15-17-19-20-21-22-23-24-26-28-30-32-34-36-38-43(53)42(40-62-64(60,61)63-50-48(58)46(56)45(55)47(57)49(50)59)51-44(54)39-41(52)37-35-33-31-29-27-25-18-16-14-12-10-8-6-4-2/h25,27,36,38,41-43,45-50,52-53,55-59H,3-24,26,28-35,37,39-40H2,1-2H3,(H,51,54)(H,60,61)/b27-25-,38-36+. The molecular weight excluding hydrogens is 838 g/mol. The number of hydrogen-bond acceptors (Lipinski definition) is 11. The molecule has 1 fully saturated rings. The average Bonchev–Trinajstić information content (AvgIpc) is 3.27. The minimum Gasteiger partial charge on any atom is -0.393 e. The van der Waals surface area contributed by atoms with Crippen LogP contribution in [0.3, 0.4) is 0 Å². The first-order chi connectivity index (χ1) is 30.8. The highest BCUT2D eigenvalue weighted by Gasteiger charge is 2.51. The van der Waals surface area contributed by atoms with Gasteiger partial charge in [-0.3, -0.25) is 13.8 Å². The molecule has 0 bridgehead atoms. The van der Waals surface area contributed by atoms with Crippen molar-refractivity contribution in [2.75, 3.05) is 6.61 Å². The van der Waals surface area contributed by atoms with Crippen molar-refractivity contribution in [2.45, 2.75) is 281 Å². The van der Waals surface area contributed by atoms with Crippen molar-refractivity contribution in [3.63, 3.8) is 0 Å². The van der Waals surface area contributed by atoms with Crippen LogP contribution in [0.4, 0.5) is 0 Å². The van der Waals surface area contributed by atoms with Crippen LogP contribution >= 0.6 is 7.82 Å². The van der Waals surface area contributed by atoms with Gasteiger partial charge in [-0.2, -0.15) is 0 Å². The number of nitrogens with one attached hydrogen (secondary N) is 1. The molecule has 13 nitrogen and oxygen atoms in total. The Morgan fingerprint density at radius 1 is 0.547 bits per heavy atom. The largest absolute Gasteiger partial charge is 0.472 e. The number of carbonyl (C=O) groups excluding carboxylic acids is 1. The van der Waals surface area contributed by atoms with E-state index >= 15 is 0 Å². The number of phosphoric ester groups is 1. The fourth-order valence-corrected chi connectivity index (χ4v) is 9.26. The van der Waals surface area contributed by atoms with Crippen LogP contribution in [0.15, 0.2) is 24.3 Å². The molecule has 0 radical (unpaired) electrons. The molecule has 8 atom stereocenters. The van der Waals surface area contributed by atoms with Gasteiger partial charge >= 0.3 is 7.82 Å². The lowest BCUT2D eigenvalue weighted by Crippen LogP contribution is -2.64. The van der Waals surface area contributed by atoms with E-state index in [2.05, 4.69) is 31.3 Å². The van der Waals surface area contributed by atoms with Gasteiger partial charge in [-0.05, 0) is 44.9 Å². The number of allylic oxidation sites excluding steroid dienone is 3. The summed E-state index contributed by atoms with van der Waals surface area (Å²) in [5.74, 6) is -0.600. The zero-order valence-corrected chi connectivity index (χ0v) is 41.1. The highest BCUT2D eigenvalue weighted by Crippen LogP contribution is 2.47. The Kier molecular flexibility index (Phi) is 37.8. The van der Waals surface area contributed by atoms with Gasteiger partial charge < -0.3 is 46.0 Å². The van der Waals surface area contributed by atoms with Gasteiger partial charge in [0.25, 0.3) is 0 Å². The van der Waals surface area contributed by atoms with Crippen LogP contribution < -0.4 is 5.32 Å². The molecular formula is C50H96NO12P. The van der Waals surface area contributed by atoms with Crippen molar-refractivity contribution in [1.82, 2.24) is 5.32 Å². The smallest absolute Gasteiger partial charge is 0.393 e. The van der Waals surface area contributed by atoms with Crippen LogP contribution in [0.2, 0.25) is 0 Å². The number of aliphatic hydroxyl groups excluding tert-OH is 7. The summed E-state index contributed by atoms with van der Waals surface area (Å²) < 4.78 is 22.9. The van der Waals surface area contributed by atoms with Crippen molar-refractivity contribution < 1.29 is 59.0 Å². The Morgan fingerprint density at radius 2 is 0.906 bits per heavy atom. The fraction of sp³-hybridized carbons (Fsp3) is 0.900. The Bertz CT molecular complexity index is 1190. The normalized spacial score (nSPS) is 22.8. The summed E-state index contributed by atoms with van der Waals surface area (Å²) in [5.41, 5.74) is 0. The molecule has 0 aromatic carbocycles. The lowest BCUT2D eigenvalue weighted by atomic mass is 9.85. The van der Waals surface area contributed by atoms with Gasteiger partial charge in [-0.25, -0.2) is 4.57 Å². The first kappa shape index (κ1) is 60.8. The van der Waals surface area contributed by atoms with E-state index in [1.165, 1.54) is 147 Å². The highest BCUT2D eigenvalue weighted by atomic mass is 31.2. The van der Waals surface area contributed by atoms with Crippen LogP contribution in [-0.2, 0) is 18.4 Å².